The van der Waals surface area contributed by atoms with Crippen molar-refractivity contribution in [1.29, 1.82) is 0 Å². The standard InChI is InChI=1S/C11H15ClN2O/c1-11(5-2-6-15-8-11)14-10-4-3-9(12)7-13-10/h3-4,7H,2,5-6,8H2,1H3,(H,13,14). The number of pyridine rings is 1. The Morgan fingerprint density at radius 3 is 3.00 bits per heavy atom. The summed E-state index contributed by atoms with van der Waals surface area (Å²) >= 11 is 5.77. The summed E-state index contributed by atoms with van der Waals surface area (Å²) < 4.78 is 5.46. The van der Waals surface area contributed by atoms with Gasteiger partial charge < -0.3 is 10.1 Å². The van der Waals surface area contributed by atoms with Crippen LogP contribution in [0.5, 0.6) is 0 Å². The third-order valence-electron chi connectivity index (χ3n) is 2.60. The van der Waals surface area contributed by atoms with Crippen molar-refractivity contribution in [2.75, 3.05) is 18.5 Å². The summed E-state index contributed by atoms with van der Waals surface area (Å²) in [6.07, 6.45) is 3.85. The molecule has 1 unspecified atom stereocenters. The van der Waals surface area contributed by atoms with E-state index in [1.807, 2.05) is 12.1 Å². The zero-order valence-electron chi connectivity index (χ0n) is 8.79. The summed E-state index contributed by atoms with van der Waals surface area (Å²) in [5, 5.41) is 4.05. The minimum absolute atomic E-state index is 0.000913. The number of rotatable bonds is 2. The van der Waals surface area contributed by atoms with Gasteiger partial charge in [-0.15, -0.1) is 0 Å². The monoisotopic (exact) mass is 226 g/mol. The van der Waals surface area contributed by atoms with Gasteiger partial charge in [0.1, 0.15) is 5.82 Å². The maximum Gasteiger partial charge on any atom is 0.126 e. The number of hydrogen-bond donors (Lipinski definition) is 1. The normalized spacial score (nSPS) is 26.3. The van der Waals surface area contributed by atoms with E-state index >= 15 is 0 Å². The van der Waals surface area contributed by atoms with Gasteiger partial charge in [-0.2, -0.15) is 0 Å². The minimum atomic E-state index is -0.000913. The lowest BCUT2D eigenvalue weighted by atomic mass is 9.95. The van der Waals surface area contributed by atoms with Crippen molar-refractivity contribution >= 4 is 17.4 Å². The SMILES string of the molecule is CC1(Nc2ccc(Cl)cn2)CCCOC1. The van der Waals surface area contributed by atoms with Gasteiger partial charge in [-0.05, 0) is 31.9 Å². The van der Waals surface area contributed by atoms with Crippen LogP contribution in [0.3, 0.4) is 0 Å². The second-order valence-corrected chi connectivity index (χ2v) is 4.64. The molecule has 1 saturated heterocycles. The summed E-state index contributed by atoms with van der Waals surface area (Å²) in [6.45, 7) is 3.76. The summed E-state index contributed by atoms with van der Waals surface area (Å²) in [5.41, 5.74) is -0.000913. The zero-order chi connectivity index (χ0) is 10.7. The highest BCUT2D eigenvalue weighted by atomic mass is 35.5. The van der Waals surface area contributed by atoms with Gasteiger partial charge in [0, 0.05) is 12.8 Å². The fourth-order valence-electron chi connectivity index (χ4n) is 1.79. The molecule has 2 heterocycles. The van der Waals surface area contributed by atoms with Crippen molar-refractivity contribution in [3.05, 3.63) is 23.4 Å². The van der Waals surface area contributed by atoms with Crippen LogP contribution >= 0.6 is 11.6 Å². The molecule has 0 radical (unpaired) electrons. The van der Waals surface area contributed by atoms with Crippen molar-refractivity contribution in [3.63, 3.8) is 0 Å². The Labute approximate surface area is 94.8 Å². The first-order valence-corrected chi connectivity index (χ1v) is 5.53. The van der Waals surface area contributed by atoms with E-state index in [0.717, 1.165) is 31.9 Å². The van der Waals surface area contributed by atoms with Gasteiger partial charge >= 0.3 is 0 Å². The van der Waals surface area contributed by atoms with Gasteiger partial charge in [0.2, 0.25) is 0 Å². The molecule has 1 N–H and O–H groups in total. The molecule has 1 aromatic rings. The van der Waals surface area contributed by atoms with Crippen molar-refractivity contribution in [2.24, 2.45) is 0 Å². The second-order valence-electron chi connectivity index (χ2n) is 4.20. The molecule has 15 heavy (non-hydrogen) atoms. The van der Waals surface area contributed by atoms with Gasteiger partial charge in [0.05, 0.1) is 17.2 Å². The van der Waals surface area contributed by atoms with Crippen LogP contribution in [-0.4, -0.2) is 23.7 Å². The van der Waals surface area contributed by atoms with Gasteiger partial charge in [0.25, 0.3) is 0 Å². The Morgan fingerprint density at radius 1 is 1.53 bits per heavy atom. The largest absolute Gasteiger partial charge is 0.379 e. The van der Waals surface area contributed by atoms with E-state index in [-0.39, 0.29) is 5.54 Å². The van der Waals surface area contributed by atoms with Crippen LogP contribution in [0.15, 0.2) is 18.3 Å². The molecule has 0 aliphatic carbocycles. The number of aromatic nitrogens is 1. The van der Waals surface area contributed by atoms with E-state index in [9.17, 15) is 0 Å². The molecule has 3 nitrogen and oxygen atoms in total. The summed E-state index contributed by atoms with van der Waals surface area (Å²) in [5.74, 6) is 0.854. The third-order valence-corrected chi connectivity index (χ3v) is 2.82. The molecular formula is C11H15ClN2O. The fraction of sp³-hybridized carbons (Fsp3) is 0.545. The number of nitrogens with one attached hydrogen (secondary N) is 1. The number of halogens is 1. The molecule has 1 aliphatic rings. The van der Waals surface area contributed by atoms with Crippen LogP contribution in [-0.2, 0) is 4.74 Å². The number of nitrogens with zero attached hydrogens (tertiary/aromatic N) is 1. The Kier molecular flexibility index (Phi) is 3.12. The van der Waals surface area contributed by atoms with Crippen LogP contribution in [0.1, 0.15) is 19.8 Å². The molecule has 2 rings (SSSR count). The quantitative estimate of drug-likeness (QED) is 0.842. The van der Waals surface area contributed by atoms with Gasteiger partial charge in [-0.3, -0.25) is 0 Å². The maximum atomic E-state index is 5.77. The highest BCUT2D eigenvalue weighted by Gasteiger charge is 2.27. The lowest BCUT2D eigenvalue weighted by Crippen LogP contribution is -2.43. The van der Waals surface area contributed by atoms with E-state index in [1.165, 1.54) is 0 Å². The lowest BCUT2D eigenvalue weighted by molar-refractivity contribution is 0.0539. The van der Waals surface area contributed by atoms with Gasteiger partial charge in [-0.25, -0.2) is 4.98 Å². The Hall–Kier alpha value is -0.800. The summed E-state index contributed by atoms with van der Waals surface area (Å²) in [4.78, 5) is 4.22. The highest BCUT2D eigenvalue weighted by Crippen LogP contribution is 2.23. The average molecular weight is 227 g/mol. The minimum Gasteiger partial charge on any atom is -0.379 e. The molecule has 1 fully saturated rings. The molecule has 4 heteroatoms. The van der Waals surface area contributed by atoms with Crippen molar-refractivity contribution in [2.45, 2.75) is 25.3 Å². The molecule has 1 atom stereocenters. The summed E-state index contributed by atoms with van der Waals surface area (Å²) in [7, 11) is 0. The first kappa shape index (κ1) is 10.7. The predicted molar refractivity (Wildman–Crippen MR) is 61.3 cm³/mol. The summed E-state index contributed by atoms with van der Waals surface area (Å²) in [6, 6.07) is 3.73. The van der Waals surface area contributed by atoms with Crippen molar-refractivity contribution in [1.82, 2.24) is 4.98 Å². The Bertz CT molecular complexity index is 320. The molecular weight excluding hydrogens is 212 g/mol. The predicted octanol–water partition coefficient (Wildman–Crippen LogP) is 2.72. The van der Waals surface area contributed by atoms with Crippen LogP contribution in [0.4, 0.5) is 5.82 Å². The van der Waals surface area contributed by atoms with Crippen LogP contribution in [0.25, 0.3) is 0 Å². The molecule has 0 saturated carbocycles. The first-order chi connectivity index (χ1) is 7.18. The number of anilines is 1. The molecule has 0 amide bonds. The smallest absolute Gasteiger partial charge is 0.126 e. The van der Waals surface area contributed by atoms with Crippen LogP contribution in [0.2, 0.25) is 5.02 Å². The molecule has 82 valence electrons. The third kappa shape index (κ3) is 2.83. The Balaban J connectivity index is 2.03. The van der Waals surface area contributed by atoms with Crippen molar-refractivity contribution in [3.8, 4) is 0 Å². The zero-order valence-corrected chi connectivity index (χ0v) is 9.55. The fourth-order valence-corrected chi connectivity index (χ4v) is 1.90. The van der Waals surface area contributed by atoms with Gasteiger partial charge in [-0.1, -0.05) is 11.6 Å². The lowest BCUT2D eigenvalue weighted by Gasteiger charge is -2.34. The number of hydrogen-bond acceptors (Lipinski definition) is 3. The van der Waals surface area contributed by atoms with Gasteiger partial charge in [0.15, 0.2) is 0 Å². The van der Waals surface area contributed by atoms with E-state index in [1.54, 1.807) is 6.20 Å². The highest BCUT2D eigenvalue weighted by molar-refractivity contribution is 6.30. The van der Waals surface area contributed by atoms with E-state index < -0.39 is 0 Å². The topological polar surface area (TPSA) is 34.2 Å². The van der Waals surface area contributed by atoms with Crippen LogP contribution < -0.4 is 5.32 Å². The molecule has 0 bridgehead atoms. The Morgan fingerprint density at radius 2 is 2.40 bits per heavy atom. The molecule has 0 aromatic carbocycles. The molecule has 1 aromatic heterocycles. The van der Waals surface area contributed by atoms with Crippen molar-refractivity contribution < 1.29 is 4.74 Å². The second kappa shape index (κ2) is 4.37. The van der Waals surface area contributed by atoms with Crippen LogP contribution in [0, 0.1) is 0 Å². The molecule has 1 aliphatic heterocycles. The molecule has 0 spiro atoms. The average Bonchev–Trinajstić information content (AvgIpc) is 2.22. The van der Waals surface area contributed by atoms with E-state index in [4.69, 9.17) is 16.3 Å². The maximum absolute atomic E-state index is 5.77. The first-order valence-electron chi connectivity index (χ1n) is 5.15. The van der Waals surface area contributed by atoms with E-state index in [0.29, 0.717) is 5.02 Å². The van der Waals surface area contributed by atoms with E-state index in [2.05, 4.69) is 17.2 Å². The number of ether oxygens (including phenoxy) is 1.